The minimum absolute atomic E-state index is 0.244. The molecule has 5 nitrogen and oxygen atoms in total. The van der Waals surface area contributed by atoms with E-state index in [9.17, 15) is 4.79 Å². The summed E-state index contributed by atoms with van der Waals surface area (Å²) in [5.74, 6) is 1.04. The van der Waals surface area contributed by atoms with E-state index in [4.69, 9.17) is 15.2 Å². The monoisotopic (exact) mass is 306 g/mol. The standard InChI is InChI=1S/C17H26N2O3/c1-17(2,3)22-16(20)19-9-5-6-12(11-19)14-8-7-13(18)10-15(14)21-4/h7-8,10,12H,5-6,9,11,18H2,1-4H3. The highest BCUT2D eigenvalue weighted by Gasteiger charge is 2.29. The van der Waals surface area contributed by atoms with E-state index < -0.39 is 5.60 Å². The first-order valence-electron chi connectivity index (χ1n) is 7.71. The topological polar surface area (TPSA) is 64.8 Å². The van der Waals surface area contributed by atoms with Crippen molar-refractivity contribution < 1.29 is 14.3 Å². The van der Waals surface area contributed by atoms with Crippen molar-refractivity contribution >= 4 is 11.8 Å². The van der Waals surface area contributed by atoms with Crippen molar-refractivity contribution in [3.05, 3.63) is 23.8 Å². The van der Waals surface area contributed by atoms with Crippen LogP contribution in [0.1, 0.15) is 45.1 Å². The lowest BCUT2D eigenvalue weighted by molar-refractivity contribution is 0.0197. The van der Waals surface area contributed by atoms with Crippen LogP contribution in [0.5, 0.6) is 5.75 Å². The number of hydrogen-bond donors (Lipinski definition) is 1. The number of nitrogens with two attached hydrogens (primary N) is 1. The molecule has 22 heavy (non-hydrogen) atoms. The molecule has 1 aliphatic rings. The van der Waals surface area contributed by atoms with Crippen LogP contribution in [0.15, 0.2) is 18.2 Å². The molecule has 0 radical (unpaired) electrons. The molecule has 0 bridgehead atoms. The van der Waals surface area contributed by atoms with Crippen LogP contribution < -0.4 is 10.5 Å². The fourth-order valence-electron chi connectivity index (χ4n) is 2.79. The zero-order valence-corrected chi connectivity index (χ0v) is 13.9. The Morgan fingerprint density at radius 1 is 1.36 bits per heavy atom. The Labute approximate surface area is 132 Å². The van der Waals surface area contributed by atoms with E-state index in [0.29, 0.717) is 12.2 Å². The van der Waals surface area contributed by atoms with Gasteiger partial charge < -0.3 is 20.1 Å². The van der Waals surface area contributed by atoms with Crippen molar-refractivity contribution in [1.82, 2.24) is 4.90 Å². The summed E-state index contributed by atoms with van der Waals surface area (Å²) in [7, 11) is 1.65. The molecule has 1 aliphatic heterocycles. The van der Waals surface area contributed by atoms with Crippen LogP contribution in [-0.2, 0) is 4.74 Å². The van der Waals surface area contributed by atoms with E-state index in [2.05, 4.69) is 0 Å². The molecule has 1 atom stereocenters. The van der Waals surface area contributed by atoms with Crippen LogP contribution >= 0.6 is 0 Å². The molecule has 0 saturated carbocycles. The largest absolute Gasteiger partial charge is 0.496 e. The number of piperidine rings is 1. The Balaban J connectivity index is 2.12. The summed E-state index contributed by atoms with van der Waals surface area (Å²) in [5, 5.41) is 0. The number of nitrogen functional groups attached to an aromatic ring is 1. The summed E-state index contributed by atoms with van der Waals surface area (Å²) < 4.78 is 10.9. The van der Waals surface area contributed by atoms with Gasteiger partial charge in [0.2, 0.25) is 0 Å². The van der Waals surface area contributed by atoms with Gasteiger partial charge in [0.1, 0.15) is 11.4 Å². The van der Waals surface area contributed by atoms with Crippen LogP contribution in [0.2, 0.25) is 0 Å². The minimum atomic E-state index is -0.469. The zero-order valence-electron chi connectivity index (χ0n) is 13.9. The van der Waals surface area contributed by atoms with Crippen LogP contribution in [-0.4, -0.2) is 36.8 Å². The molecular formula is C17H26N2O3. The number of amides is 1. The maximum Gasteiger partial charge on any atom is 0.410 e. The summed E-state index contributed by atoms with van der Waals surface area (Å²) in [6, 6.07) is 5.71. The van der Waals surface area contributed by atoms with Crippen LogP contribution in [0.4, 0.5) is 10.5 Å². The van der Waals surface area contributed by atoms with Crippen molar-refractivity contribution in [2.45, 2.75) is 45.1 Å². The maximum absolute atomic E-state index is 12.3. The van der Waals surface area contributed by atoms with Gasteiger partial charge in [0.05, 0.1) is 7.11 Å². The lowest BCUT2D eigenvalue weighted by Crippen LogP contribution is -2.42. The van der Waals surface area contributed by atoms with E-state index in [-0.39, 0.29) is 12.0 Å². The van der Waals surface area contributed by atoms with Crippen LogP contribution in [0, 0.1) is 0 Å². The predicted molar refractivity (Wildman–Crippen MR) is 87.2 cm³/mol. The van der Waals surface area contributed by atoms with Gasteiger partial charge in [-0.25, -0.2) is 4.79 Å². The smallest absolute Gasteiger partial charge is 0.410 e. The quantitative estimate of drug-likeness (QED) is 0.851. The second-order valence-electron chi connectivity index (χ2n) is 6.77. The van der Waals surface area contributed by atoms with Gasteiger partial charge in [0.25, 0.3) is 0 Å². The van der Waals surface area contributed by atoms with E-state index in [1.54, 1.807) is 12.0 Å². The Bertz CT molecular complexity index is 537. The molecular weight excluding hydrogens is 280 g/mol. The first-order valence-corrected chi connectivity index (χ1v) is 7.71. The van der Waals surface area contributed by atoms with Gasteiger partial charge in [-0.1, -0.05) is 6.07 Å². The fraction of sp³-hybridized carbons (Fsp3) is 0.588. The lowest BCUT2D eigenvalue weighted by Gasteiger charge is -2.34. The molecule has 1 aromatic rings. The molecule has 1 amide bonds. The van der Waals surface area contributed by atoms with Crippen LogP contribution in [0.25, 0.3) is 0 Å². The number of benzene rings is 1. The molecule has 1 heterocycles. The van der Waals surface area contributed by atoms with Gasteiger partial charge in [-0.15, -0.1) is 0 Å². The number of rotatable bonds is 2. The zero-order chi connectivity index (χ0) is 16.3. The average molecular weight is 306 g/mol. The maximum atomic E-state index is 12.3. The number of anilines is 1. The summed E-state index contributed by atoms with van der Waals surface area (Å²) in [6.07, 6.45) is 1.74. The van der Waals surface area contributed by atoms with Crippen molar-refractivity contribution in [2.75, 3.05) is 25.9 Å². The molecule has 1 aromatic carbocycles. The van der Waals surface area contributed by atoms with Gasteiger partial charge in [0, 0.05) is 30.8 Å². The van der Waals surface area contributed by atoms with E-state index in [1.807, 2.05) is 39.0 Å². The third-order valence-corrected chi connectivity index (χ3v) is 3.77. The van der Waals surface area contributed by atoms with Crippen molar-refractivity contribution in [3.63, 3.8) is 0 Å². The molecule has 1 saturated heterocycles. The van der Waals surface area contributed by atoms with Gasteiger partial charge in [0.15, 0.2) is 0 Å². The average Bonchev–Trinajstić information content (AvgIpc) is 2.45. The molecule has 0 aliphatic carbocycles. The Morgan fingerprint density at radius 2 is 2.09 bits per heavy atom. The lowest BCUT2D eigenvalue weighted by atomic mass is 9.90. The highest BCUT2D eigenvalue weighted by molar-refractivity contribution is 5.68. The van der Waals surface area contributed by atoms with Gasteiger partial charge in [-0.3, -0.25) is 0 Å². The molecule has 122 valence electrons. The van der Waals surface area contributed by atoms with Gasteiger partial charge >= 0.3 is 6.09 Å². The third-order valence-electron chi connectivity index (χ3n) is 3.77. The number of likely N-dealkylation sites (tertiary alicyclic amines) is 1. The predicted octanol–water partition coefficient (Wildman–Crippen LogP) is 3.39. The van der Waals surface area contributed by atoms with Crippen molar-refractivity contribution in [3.8, 4) is 5.75 Å². The number of nitrogens with zero attached hydrogens (tertiary/aromatic N) is 1. The first-order chi connectivity index (χ1) is 10.3. The summed E-state index contributed by atoms with van der Waals surface area (Å²) in [4.78, 5) is 14.0. The van der Waals surface area contributed by atoms with Gasteiger partial charge in [-0.2, -0.15) is 0 Å². The molecule has 1 fully saturated rings. The molecule has 5 heteroatoms. The third kappa shape index (κ3) is 4.06. The Hall–Kier alpha value is -1.91. The Kier molecular flexibility index (Phi) is 4.84. The summed E-state index contributed by atoms with van der Waals surface area (Å²) in [6.45, 7) is 7.04. The second kappa shape index (κ2) is 6.46. The van der Waals surface area contributed by atoms with Crippen LogP contribution in [0.3, 0.4) is 0 Å². The molecule has 0 aromatic heterocycles. The van der Waals surface area contributed by atoms with E-state index in [0.717, 1.165) is 30.7 Å². The summed E-state index contributed by atoms with van der Waals surface area (Å²) in [5.41, 5.74) is 7.13. The number of carbonyl (C=O) groups is 1. The highest BCUT2D eigenvalue weighted by Crippen LogP contribution is 2.34. The number of methoxy groups -OCH3 is 1. The second-order valence-corrected chi connectivity index (χ2v) is 6.77. The first kappa shape index (κ1) is 16.5. The Morgan fingerprint density at radius 3 is 2.73 bits per heavy atom. The van der Waals surface area contributed by atoms with Crippen molar-refractivity contribution in [2.24, 2.45) is 0 Å². The fourth-order valence-corrected chi connectivity index (χ4v) is 2.79. The number of ether oxygens (including phenoxy) is 2. The molecule has 1 unspecified atom stereocenters. The molecule has 2 rings (SSSR count). The highest BCUT2D eigenvalue weighted by atomic mass is 16.6. The number of carbonyl (C=O) groups excluding carboxylic acids is 1. The van der Waals surface area contributed by atoms with E-state index >= 15 is 0 Å². The van der Waals surface area contributed by atoms with E-state index in [1.165, 1.54) is 0 Å². The molecule has 2 N–H and O–H groups in total. The van der Waals surface area contributed by atoms with Crippen molar-refractivity contribution in [1.29, 1.82) is 0 Å². The molecule has 0 spiro atoms. The summed E-state index contributed by atoms with van der Waals surface area (Å²) >= 11 is 0. The number of hydrogen-bond acceptors (Lipinski definition) is 4. The minimum Gasteiger partial charge on any atom is -0.496 e. The van der Waals surface area contributed by atoms with Gasteiger partial charge in [-0.05, 0) is 45.2 Å². The SMILES string of the molecule is COc1cc(N)ccc1C1CCCN(C(=O)OC(C)(C)C)C1. The normalized spacial score (nSPS) is 18.9.